The van der Waals surface area contributed by atoms with Gasteiger partial charge in [-0.1, -0.05) is 24.3 Å². The van der Waals surface area contributed by atoms with Crippen LogP contribution in [0.15, 0.2) is 53.5 Å². The number of allylic oxidation sites excluding steroid dienone is 1. The average Bonchev–Trinajstić information content (AvgIpc) is 3.15. The molecule has 152 valence electrons. The van der Waals surface area contributed by atoms with Crippen LogP contribution in [0.1, 0.15) is 60.4 Å². The smallest absolute Gasteiger partial charge is 0.287 e. The fraction of sp³-hybridized carbons (Fsp3) is 0.480. The number of hydrogen-bond donors (Lipinski definition) is 1. The second-order valence-corrected chi connectivity index (χ2v) is 9.31. The van der Waals surface area contributed by atoms with Crippen LogP contribution in [-0.2, 0) is 13.0 Å². The summed E-state index contributed by atoms with van der Waals surface area (Å²) in [6, 6.07) is 11.5. The number of carbonyl (C=O) groups is 1. The van der Waals surface area contributed by atoms with Crippen LogP contribution in [0.2, 0.25) is 0 Å². The summed E-state index contributed by atoms with van der Waals surface area (Å²) < 4.78 is 11.8. The van der Waals surface area contributed by atoms with Gasteiger partial charge in [-0.3, -0.25) is 4.79 Å². The normalized spacial score (nSPS) is 29.6. The fourth-order valence-electron chi connectivity index (χ4n) is 6.26. The Morgan fingerprint density at radius 2 is 1.79 bits per heavy atom. The molecule has 4 aliphatic carbocycles. The Balaban J connectivity index is 1.22. The Labute approximate surface area is 172 Å². The van der Waals surface area contributed by atoms with Crippen molar-refractivity contribution in [3.63, 3.8) is 0 Å². The maximum absolute atomic E-state index is 12.9. The van der Waals surface area contributed by atoms with Crippen molar-refractivity contribution in [2.24, 2.45) is 17.8 Å². The molecule has 1 aromatic heterocycles. The highest BCUT2D eigenvalue weighted by atomic mass is 16.5. The maximum Gasteiger partial charge on any atom is 0.287 e. The van der Waals surface area contributed by atoms with Gasteiger partial charge in [0.15, 0.2) is 5.76 Å². The highest BCUT2D eigenvalue weighted by molar-refractivity contribution is 5.92. The van der Waals surface area contributed by atoms with Gasteiger partial charge in [0.05, 0.1) is 0 Å². The summed E-state index contributed by atoms with van der Waals surface area (Å²) in [5.74, 6) is 4.20. The summed E-state index contributed by atoms with van der Waals surface area (Å²) in [6.07, 6.45) is 10.1. The third kappa shape index (κ3) is 3.73. The molecule has 0 unspecified atom stereocenters. The van der Waals surface area contributed by atoms with Crippen molar-refractivity contribution in [3.05, 3.63) is 66.1 Å². The number of amides is 1. The summed E-state index contributed by atoms with van der Waals surface area (Å²) in [6.45, 7) is 4.10. The van der Waals surface area contributed by atoms with Gasteiger partial charge in [-0.15, -0.1) is 6.58 Å². The van der Waals surface area contributed by atoms with Crippen molar-refractivity contribution >= 4 is 5.91 Å². The van der Waals surface area contributed by atoms with Crippen LogP contribution in [-0.4, -0.2) is 11.4 Å². The molecule has 4 heteroatoms. The van der Waals surface area contributed by atoms with Crippen LogP contribution in [0.3, 0.4) is 0 Å². The lowest BCUT2D eigenvalue weighted by molar-refractivity contribution is -0.0171. The van der Waals surface area contributed by atoms with Crippen molar-refractivity contribution < 1.29 is 13.9 Å². The van der Waals surface area contributed by atoms with Crippen molar-refractivity contribution in [1.82, 2.24) is 5.32 Å². The number of hydrogen-bond acceptors (Lipinski definition) is 3. The molecule has 0 radical (unpaired) electrons. The number of rotatable bonds is 7. The second-order valence-electron chi connectivity index (χ2n) is 9.31. The van der Waals surface area contributed by atoms with Crippen molar-refractivity contribution in [3.8, 4) is 5.75 Å². The molecule has 0 saturated heterocycles. The van der Waals surface area contributed by atoms with E-state index in [4.69, 9.17) is 9.15 Å². The SMILES string of the molecule is C=CCc1ccccc1OCc1ccc(C(=O)NC23CC4CC(CC(C4)C2)C3)o1. The van der Waals surface area contributed by atoms with Crippen molar-refractivity contribution in [1.29, 1.82) is 0 Å². The van der Waals surface area contributed by atoms with E-state index < -0.39 is 0 Å². The lowest BCUT2D eigenvalue weighted by Crippen LogP contribution is -2.59. The fourth-order valence-corrected chi connectivity index (χ4v) is 6.26. The predicted octanol–water partition coefficient (Wildman–Crippen LogP) is 5.29. The Bertz CT molecular complexity index is 877. The highest BCUT2D eigenvalue weighted by Gasteiger charge is 2.51. The highest BCUT2D eigenvalue weighted by Crippen LogP contribution is 2.55. The van der Waals surface area contributed by atoms with E-state index in [1.54, 1.807) is 6.07 Å². The van der Waals surface area contributed by atoms with Gasteiger partial charge in [0, 0.05) is 5.54 Å². The van der Waals surface area contributed by atoms with E-state index in [2.05, 4.69) is 11.9 Å². The lowest BCUT2D eigenvalue weighted by atomic mass is 9.53. The van der Waals surface area contributed by atoms with Crippen LogP contribution in [0.25, 0.3) is 0 Å². The number of benzene rings is 1. The van der Waals surface area contributed by atoms with Crippen LogP contribution >= 0.6 is 0 Å². The second kappa shape index (κ2) is 7.40. The van der Waals surface area contributed by atoms with Gasteiger partial charge in [0.1, 0.15) is 18.1 Å². The zero-order valence-electron chi connectivity index (χ0n) is 16.9. The molecule has 29 heavy (non-hydrogen) atoms. The number of ether oxygens (including phenoxy) is 1. The van der Waals surface area contributed by atoms with Gasteiger partial charge in [0.25, 0.3) is 5.91 Å². The first-order chi connectivity index (χ1) is 14.1. The zero-order chi connectivity index (χ0) is 19.8. The molecule has 1 N–H and O–H groups in total. The molecule has 2 aromatic rings. The molecule has 1 aromatic carbocycles. The standard InChI is InChI=1S/C25H29NO3/c1-2-5-20-6-3-4-7-22(20)28-16-21-8-9-23(29-21)24(27)26-25-13-17-10-18(14-25)12-19(11-17)15-25/h2-4,6-9,17-19H,1,5,10-16H2,(H,26,27). The number of furan rings is 1. The minimum atomic E-state index is -0.0785. The Morgan fingerprint density at radius 3 is 2.48 bits per heavy atom. The molecule has 4 aliphatic rings. The zero-order valence-corrected chi connectivity index (χ0v) is 16.9. The lowest BCUT2D eigenvalue weighted by Gasteiger charge is -2.56. The molecule has 4 fully saturated rings. The molecule has 4 saturated carbocycles. The van der Waals surface area contributed by atoms with E-state index in [1.807, 2.05) is 36.4 Å². The summed E-state index contributed by atoms with van der Waals surface area (Å²) in [5, 5.41) is 3.37. The summed E-state index contributed by atoms with van der Waals surface area (Å²) in [5.41, 5.74) is 1.09. The Hall–Kier alpha value is -2.49. The predicted molar refractivity (Wildman–Crippen MR) is 112 cm³/mol. The third-order valence-electron chi connectivity index (χ3n) is 7.01. The molecule has 4 bridgehead atoms. The topological polar surface area (TPSA) is 51.5 Å². The Kier molecular flexibility index (Phi) is 4.73. The van der Waals surface area contributed by atoms with E-state index in [0.717, 1.165) is 54.7 Å². The monoisotopic (exact) mass is 391 g/mol. The van der Waals surface area contributed by atoms with Gasteiger partial charge < -0.3 is 14.5 Å². The first kappa shape index (κ1) is 18.5. The van der Waals surface area contributed by atoms with Gasteiger partial charge >= 0.3 is 0 Å². The van der Waals surface area contributed by atoms with Crippen molar-refractivity contribution in [2.75, 3.05) is 0 Å². The van der Waals surface area contributed by atoms with E-state index in [-0.39, 0.29) is 11.4 Å². The summed E-state index contributed by atoms with van der Waals surface area (Å²) in [4.78, 5) is 12.9. The van der Waals surface area contributed by atoms with Crippen LogP contribution < -0.4 is 10.1 Å². The van der Waals surface area contributed by atoms with Gasteiger partial charge in [0.2, 0.25) is 0 Å². The van der Waals surface area contributed by atoms with Crippen molar-refractivity contribution in [2.45, 2.75) is 57.1 Å². The van der Waals surface area contributed by atoms with E-state index in [0.29, 0.717) is 18.1 Å². The largest absolute Gasteiger partial charge is 0.485 e. The first-order valence-corrected chi connectivity index (χ1v) is 10.9. The Morgan fingerprint density at radius 1 is 1.10 bits per heavy atom. The van der Waals surface area contributed by atoms with E-state index in [1.165, 1.54) is 19.3 Å². The van der Waals surface area contributed by atoms with E-state index >= 15 is 0 Å². The molecule has 1 heterocycles. The molecule has 1 amide bonds. The minimum absolute atomic E-state index is 0.00108. The summed E-state index contributed by atoms with van der Waals surface area (Å²) in [7, 11) is 0. The van der Waals surface area contributed by atoms with Crippen LogP contribution in [0, 0.1) is 17.8 Å². The molecule has 0 spiro atoms. The average molecular weight is 392 g/mol. The number of para-hydroxylation sites is 1. The van der Waals surface area contributed by atoms with Crippen LogP contribution in [0.5, 0.6) is 5.75 Å². The van der Waals surface area contributed by atoms with Gasteiger partial charge in [-0.05, 0) is 86.5 Å². The van der Waals surface area contributed by atoms with Crippen LogP contribution in [0.4, 0.5) is 0 Å². The quantitative estimate of drug-likeness (QED) is 0.653. The molecular formula is C25H29NO3. The third-order valence-corrected chi connectivity index (χ3v) is 7.01. The molecule has 0 atom stereocenters. The molecule has 4 nitrogen and oxygen atoms in total. The minimum Gasteiger partial charge on any atom is -0.485 e. The van der Waals surface area contributed by atoms with Gasteiger partial charge in [-0.25, -0.2) is 0 Å². The summed E-state index contributed by atoms with van der Waals surface area (Å²) >= 11 is 0. The number of carbonyl (C=O) groups excluding carboxylic acids is 1. The number of nitrogens with one attached hydrogen (secondary N) is 1. The molecule has 6 rings (SSSR count). The van der Waals surface area contributed by atoms with Gasteiger partial charge in [-0.2, -0.15) is 0 Å². The maximum atomic E-state index is 12.9. The first-order valence-electron chi connectivity index (χ1n) is 10.9. The van der Waals surface area contributed by atoms with E-state index in [9.17, 15) is 4.79 Å². The molecule has 0 aliphatic heterocycles. The molecular weight excluding hydrogens is 362 g/mol.